The second-order valence-electron chi connectivity index (χ2n) is 3.65. The summed E-state index contributed by atoms with van der Waals surface area (Å²) in [5, 5.41) is 13.3. The smallest absolute Gasteiger partial charge is 0.336 e. The number of aromatic nitrogens is 4. The molecule has 0 aliphatic carbocycles. The maximum absolute atomic E-state index is 11.1. The first-order valence-corrected chi connectivity index (χ1v) is 5.26. The molecule has 0 bridgehead atoms. The fourth-order valence-corrected chi connectivity index (χ4v) is 1.71. The molecule has 0 atom stereocenters. The van der Waals surface area contributed by atoms with Gasteiger partial charge in [0.05, 0.1) is 5.56 Å². The molecule has 0 aliphatic rings. The van der Waals surface area contributed by atoms with Gasteiger partial charge in [0, 0.05) is 18.0 Å². The number of carboxylic acids is 1. The van der Waals surface area contributed by atoms with E-state index in [1.165, 1.54) is 10.6 Å². The van der Waals surface area contributed by atoms with Gasteiger partial charge in [-0.15, -0.1) is 5.10 Å². The fraction of sp³-hybridized carbons (Fsp3) is 0. The van der Waals surface area contributed by atoms with Gasteiger partial charge >= 0.3 is 5.97 Å². The predicted molar refractivity (Wildman–Crippen MR) is 63.2 cm³/mol. The lowest BCUT2D eigenvalue weighted by Crippen LogP contribution is -1.99. The zero-order valence-corrected chi connectivity index (χ0v) is 9.19. The number of benzene rings is 1. The summed E-state index contributed by atoms with van der Waals surface area (Å²) in [5.74, 6) is -0.211. The molecule has 3 rings (SSSR count). The Hall–Kier alpha value is -2.76. The molecule has 88 valence electrons. The number of nitrogens with zero attached hydrogens (tertiary/aromatic N) is 4. The minimum Gasteiger partial charge on any atom is -0.478 e. The van der Waals surface area contributed by atoms with Crippen molar-refractivity contribution in [2.75, 3.05) is 0 Å². The third kappa shape index (κ3) is 1.60. The molecule has 0 fully saturated rings. The van der Waals surface area contributed by atoms with E-state index in [1.807, 2.05) is 0 Å². The molecule has 2 heterocycles. The van der Waals surface area contributed by atoms with Crippen LogP contribution in [0.2, 0.25) is 0 Å². The highest BCUT2D eigenvalue weighted by molar-refractivity contribution is 5.94. The predicted octanol–water partition coefficient (Wildman–Crippen LogP) is 1.49. The van der Waals surface area contributed by atoms with Gasteiger partial charge in [-0.2, -0.15) is 4.98 Å². The number of fused-ring (bicyclic) bond motifs is 1. The van der Waals surface area contributed by atoms with Crippen molar-refractivity contribution < 1.29 is 9.90 Å². The second-order valence-corrected chi connectivity index (χ2v) is 3.65. The van der Waals surface area contributed by atoms with E-state index in [0.717, 1.165) is 0 Å². The van der Waals surface area contributed by atoms with E-state index in [1.54, 1.807) is 36.7 Å². The van der Waals surface area contributed by atoms with Gasteiger partial charge in [0.2, 0.25) is 0 Å². The topological polar surface area (TPSA) is 80.4 Å². The molecule has 6 heteroatoms. The van der Waals surface area contributed by atoms with Crippen molar-refractivity contribution in [1.29, 1.82) is 0 Å². The lowest BCUT2D eigenvalue weighted by Gasteiger charge is -2.00. The standard InChI is InChI=1S/C12H8N4O2/c17-11(18)9-5-2-1-4-8(9)10-14-12-13-6-3-7-16(12)15-10/h1-7H,(H,17,18). The molecule has 0 spiro atoms. The van der Waals surface area contributed by atoms with E-state index in [-0.39, 0.29) is 5.56 Å². The first-order valence-electron chi connectivity index (χ1n) is 5.26. The Morgan fingerprint density at radius 1 is 1.22 bits per heavy atom. The summed E-state index contributed by atoms with van der Waals surface area (Å²) in [6.45, 7) is 0. The van der Waals surface area contributed by atoms with E-state index >= 15 is 0 Å². The molecular formula is C12H8N4O2. The second kappa shape index (κ2) is 3.92. The van der Waals surface area contributed by atoms with Gasteiger partial charge in [0.25, 0.3) is 5.78 Å². The van der Waals surface area contributed by atoms with Crippen LogP contribution < -0.4 is 0 Å². The SMILES string of the molecule is O=C(O)c1ccccc1-c1nc2ncccn2n1. The number of carbonyl (C=O) groups is 1. The Morgan fingerprint density at radius 3 is 2.83 bits per heavy atom. The largest absolute Gasteiger partial charge is 0.478 e. The molecule has 3 aromatic rings. The summed E-state index contributed by atoms with van der Waals surface area (Å²) in [6, 6.07) is 8.35. The number of hydrogen-bond acceptors (Lipinski definition) is 4. The van der Waals surface area contributed by atoms with Gasteiger partial charge in [0.1, 0.15) is 0 Å². The highest BCUT2D eigenvalue weighted by atomic mass is 16.4. The number of rotatable bonds is 2. The molecule has 0 unspecified atom stereocenters. The number of aromatic carboxylic acids is 1. The summed E-state index contributed by atoms with van der Waals surface area (Å²) in [6.07, 6.45) is 3.32. The monoisotopic (exact) mass is 240 g/mol. The minimum atomic E-state index is -1.00. The molecule has 2 aromatic heterocycles. The minimum absolute atomic E-state index is 0.174. The summed E-state index contributed by atoms with van der Waals surface area (Å²) >= 11 is 0. The highest BCUT2D eigenvalue weighted by Crippen LogP contribution is 2.20. The first-order chi connectivity index (χ1) is 8.75. The Labute approximate surface area is 102 Å². The molecule has 0 radical (unpaired) electrons. The Kier molecular flexibility index (Phi) is 2.26. The van der Waals surface area contributed by atoms with Crippen LogP contribution in [0.25, 0.3) is 17.2 Å². The highest BCUT2D eigenvalue weighted by Gasteiger charge is 2.14. The van der Waals surface area contributed by atoms with E-state index < -0.39 is 5.97 Å². The van der Waals surface area contributed by atoms with Crippen LogP contribution in [-0.4, -0.2) is 30.7 Å². The Balaban J connectivity index is 2.23. The van der Waals surface area contributed by atoms with Crippen molar-refractivity contribution in [3.05, 3.63) is 48.3 Å². The fourth-order valence-electron chi connectivity index (χ4n) is 1.71. The average molecular weight is 240 g/mol. The zero-order valence-electron chi connectivity index (χ0n) is 9.19. The van der Waals surface area contributed by atoms with E-state index in [2.05, 4.69) is 15.1 Å². The Morgan fingerprint density at radius 2 is 2.06 bits per heavy atom. The molecular weight excluding hydrogens is 232 g/mol. The van der Waals surface area contributed by atoms with Gasteiger partial charge in [0.15, 0.2) is 5.82 Å². The van der Waals surface area contributed by atoms with E-state index in [9.17, 15) is 4.79 Å². The molecule has 0 aliphatic heterocycles. The zero-order chi connectivity index (χ0) is 12.5. The van der Waals surface area contributed by atoms with Gasteiger partial charge in [-0.25, -0.2) is 14.3 Å². The quantitative estimate of drug-likeness (QED) is 0.734. The van der Waals surface area contributed by atoms with Gasteiger partial charge in [-0.1, -0.05) is 18.2 Å². The third-order valence-corrected chi connectivity index (χ3v) is 2.51. The van der Waals surface area contributed by atoms with Crippen molar-refractivity contribution >= 4 is 11.7 Å². The van der Waals surface area contributed by atoms with Crippen LogP contribution in [-0.2, 0) is 0 Å². The number of hydrogen-bond donors (Lipinski definition) is 1. The van der Waals surface area contributed by atoms with Crippen LogP contribution in [0.5, 0.6) is 0 Å². The van der Waals surface area contributed by atoms with Crippen LogP contribution >= 0.6 is 0 Å². The van der Waals surface area contributed by atoms with E-state index in [4.69, 9.17) is 5.11 Å². The van der Waals surface area contributed by atoms with Crippen LogP contribution in [0.15, 0.2) is 42.7 Å². The molecule has 1 aromatic carbocycles. The molecule has 0 saturated heterocycles. The van der Waals surface area contributed by atoms with Crippen molar-refractivity contribution in [2.45, 2.75) is 0 Å². The lowest BCUT2D eigenvalue weighted by molar-refractivity contribution is 0.0697. The molecule has 1 N–H and O–H groups in total. The average Bonchev–Trinajstić information content (AvgIpc) is 2.82. The summed E-state index contributed by atoms with van der Waals surface area (Å²) in [7, 11) is 0. The maximum Gasteiger partial charge on any atom is 0.336 e. The van der Waals surface area contributed by atoms with Crippen LogP contribution in [0.3, 0.4) is 0 Å². The van der Waals surface area contributed by atoms with Gasteiger partial charge in [-0.3, -0.25) is 0 Å². The molecule has 0 saturated carbocycles. The van der Waals surface area contributed by atoms with Gasteiger partial charge < -0.3 is 5.11 Å². The summed E-state index contributed by atoms with van der Waals surface area (Å²) < 4.78 is 1.51. The van der Waals surface area contributed by atoms with Crippen LogP contribution in [0.1, 0.15) is 10.4 Å². The number of carboxylic acid groups (broad SMARTS) is 1. The van der Waals surface area contributed by atoms with Crippen molar-refractivity contribution in [1.82, 2.24) is 19.6 Å². The summed E-state index contributed by atoms with van der Waals surface area (Å²) in [5.41, 5.74) is 0.656. The van der Waals surface area contributed by atoms with Crippen molar-refractivity contribution in [3.63, 3.8) is 0 Å². The molecule has 18 heavy (non-hydrogen) atoms. The molecule has 0 amide bonds. The first kappa shape index (κ1) is 10.4. The van der Waals surface area contributed by atoms with Crippen molar-refractivity contribution in [3.8, 4) is 11.4 Å². The van der Waals surface area contributed by atoms with Crippen LogP contribution in [0.4, 0.5) is 0 Å². The van der Waals surface area contributed by atoms with Crippen LogP contribution in [0, 0.1) is 0 Å². The van der Waals surface area contributed by atoms with Gasteiger partial charge in [-0.05, 0) is 12.1 Å². The molecule has 6 nitrogen and oxygen atoms in total. The summed E-state index contributed by atoms with van der Waals surface area (Å²) in [4.78, 5) is 19.4. The van der Waals surface area contributed by atoms with Crippen molar-refractivity contribution in [2.24, 2.45) is 0 Å². The maximum atomic E-state index is 11.1. The van der Waals surface area contributed by atoms with E-state index in [0.29, 0.717) is 17.2 Å². The lowest BCUT2D eigenvalue weighted by atomic mass is 10.1. The third-order valence-electron chi connectivity index (χ3n) is 2.51. The Bertz CT molecular complexity index is 703. The normalized spacial score (nSPS) is 10.7.